The lowest BCUT2D eigenvalue weighted by molar-refractivity contribution is -0.141. The molecule has 3 aromatic rings. The van der Waals surface area contributed by atoms with Gasteiger partial charge in [-0.25, -0.2) is 9.59 Å². The minimum atomic E-state index is -1.02. The van der Waals surface area contributed by atoms with E-state index in [1.54, 1.807) is 23.9 Å². The molecule has 3 aromatic carbocycles. The molecule has 0 saturated heterocycles. The number of oxime groups is 1. The number of benzene rings is 3. The second-order valence-electron chi connectivity index (χ2n) is 7.31. The van der Waals surface area contributed by atoms with Crippen molar-refractivity contribution in [3.63, 3.8) is 0 Å². The van der Waals surface area contributed by atoms with Crippen molar-refractivity contribution in [2.24, 2.45) is 5.16 Å². The van der Waals surface area contributed by atoms with Crippen LogP contribution < -0.4 is 0 Å². The molecule has 6 nitrogen and oxygen atoms in total. The number of carbonyl (C=O) groups excluding carboxylic acids is 2. The van der Waals surface area contributed by atoms with Crippen LogP contribution in [0.1, 0.15) is 35.4 Å². The van der Waals surface area contributed by atoms with Gasteiger partial charge in [0.1, 0.15) is 6.10 Å². The molecule has 0 aliphatic carbocycles. The van der Waals surface area contributed by atoms with Crippen LogP contribution in [-0.4, -0.2) is 35.6 Å². The summed E-state index contributed by atoms with van der Waals surface area (Å²) in [4.78, 5) is 30.6. The van der Waals surface area contributed by atoms with E-state index >= 15 is 0 Å². The molecule has 1 atom stereocenters. The lowest BCUT2D eigenvalue weighted by atomic mass is 10.0. The fourth-order valence-electron chi connectivity index (χ4n) is 2.98. The van der Waals surface area contributed by atoms with Crippen LogP contribution in [0.15, 0.2) is 92.6 Å². The Hall–Kier alpha value is -2.78. The number of carbonyl (C=O) groups is 2. The van der Waals surface area contributed by atoms with Gasteiger partial charge < -0.3 is 14.7 Å². The van der Waals surface area contributed by atoms with Crippen molar-refractivity contribution in [1.29, 1.82) is 0 Å². The zero-order chi connectivity index (χ0) is 25.2. The van der Waals surface area contributed by atoms with Crippen molar-refractivity contribution in [3.05, 3.63) is 88.9 Å². The summed E-state index contributed by atoms with van der Waals surface area (Å²) in [5.41, 5.74) is 1.49. The topological polar surface area (TPSA) is 85.2 Å². The molecule has 35 heavy (non-hydrogen) atoms. The SMILES string of the molecule is COC(=O)c1ccc(Sc2ccc(C(O)C(CCSc3ccc(Cl)cc3)=NOC(C)=O)cc2)cc1. The maximum Gasteiger partial charge on any atom is 0.337 e. The minimum Gasteiger partial charge on any atom is -0.465 e. The maximum absolute atomic E-state index is 11.6. The molecular formula is C26H24ClNO5S2. The largest absolute Gasteiger partial charge is 0.465 e. The fraction of sp³-hybridized carbons (Fsp3) is 0.192. The van der Waals surface area contributed by atoms with E-state index in [2.05, 4.69) is 5.16 Å². The van der Waals surface area contributed by atoms with Gasteiger partial charge in [-0.2, -0.15) is 0 Å². The second-order valence-corrected chi connectivity index (χ2v) is 10.1. The monoisotopic (exact) mass is 529 g/mol. The summed E-state index contributed by atoms with van der Waals surface area (Å²) in [5, 5.41) is 15.5. The van der Waals surface area contributed by atoms with Crippen LogP contribution in [-0.2, 0) is 14.4 Å². The average Bonchev–Trinajstić information content (AvgIpc) is 2.87. The maximum atomic E-state index is 11.6. The number of aliphatic hydroxyl groups is 1. The molecule has 1 unspecified atom stereocenters. The second kappa shape index (κ2) is 13.3. The number of rotatable bonds is 10. The highest BCUT2D eigenvalue weighted by Gasteiger charge is 2.17. The number of hydrogen-bond acceptors (Lipinski definition) is 8. The van der Waals surface area contributed by atoms with Crippen molar-refractivity contribution in [1.82, 2.24) is 0 Å². The predicted octanol–water partition coefficient (Wildman–Crippen LogP) is 6.41. The number of ether oxygens (including phenoxy) is 1. The summed E-state index contributed by atoms with van der Waals surface area (Å²) in [7, 11) is 1.35. The van der Waals surface area contributed by atoms with Crippen LogP contribution in [0.25, 0.3) is 0 Å². The zero-order valence-corrected chi connectivity index (χ0v) is 21.5. The summed E-state index contributed by atoms with van der Waals surface area (Å²) in [6.07, 6.45) is -0.594. The van der Waals surface area contributed by atoms with Crippen molar-refractivity contribution in [2.45, 2.75) is 34.1 Å². The molecule has 9 heteroatoms. The van der Waals surface area contributed by atoms with Crippen LogP contribution in [0.2, 0.25) is 5.02 Å². The number of methoxy groups -OCH3 is 1. The van der Waals surface area contributed by atoms with Gasteiger partial charge >= 0.3 is 11.9 Å². The van der Waals surface area contributed by atoms with E-state index in [-0.39, 0.29) is 5.97 Å². The third kappa shape index (κ3) is 8.43. The van der Waals surface area contributed by atoms with Crippen LogP contribution in [0.4, 0.5) is 0 Å². The molecule has 3 rings (SSSR count). The van der Waals surface area contributed by atoms with Crippen LogP contribution in [0, 0.1) is 0 Å². The number of esters is 1. The zero-order valence-electron chi connectivity index (χ0n) is 19.1. The van der Waals surface area contributed by atoms with Crippen molar-refractivity contribution < 1.29 is 24.3 Å². The molecule has 0 aromatic heterocycles. The number of halogens is 1. The molecule has 0 aliphatic heterocycles. The molecule has 0 bridgehead atoms. The Labute approximate surface area is 217 Å². The summed E-state index contributed by atoms with van der Waals surface area (Å²) >= 11 is 9.04. The van der Waals surface area contributed by atoms with Gasteiger partial charge in [-0.3, -0.25) is 0 Å². The van der Waals surface area contributed by atoms with Gasteiger partial charge in [0.05, 0.1) is 18.4 Å². The summed E-state index contributed by atoms with van der Waals surface area (Å²) in [6, 6.07) is 22.0. The Balaban J connectivity index is 1.64. The third-order valence-corrected chi connectivity index (χ3v) is 7.04. The van der Waals surface area contributed by atoms with Crippen LogP contribution >= 0.6 is 35.1 Å². The Morgan fingerprint density at radius 1 is 0.943 bits per heavy atom. The number of aliphatic hydroxyl groups excluding tert-OH is 1. The molecule has 0 heterocycles. The molecule has 0 spiro atoms. The Morgan fingerprint density at radius 2 is 1.51 bits per heavy atom. The lowest BCUT2D eigenvalue weighted by Crippen LogP contribution is -2.14. The number of nitrogens with zero attached hydrogens (tertiary/aromatic N) is 1. The molecule has 0 fully saturated rings. The molecular weight excluding hydrogens is 506 g/mol. The van der Waals surface area contributed by atoms with E-state index in [4.69, 9.17) is 21.2 Å². The highest BCUT2D eigenvalue weighted by Crippen LogP contribution is 2.30. The summed E-state index contributed by atoms with van der Waals surface area (Å²) in [5.74, 6) is -0.295. The van der Waals surface area contributed by atoms with Gasteiger partial charge in [0, 0.05) is 38.8 Å². The fourth-order valence-corrected chi connectivity index (χ4v) is 4.80. The highest BCUT2D eigenvalue weighted by molar-refractivity contribution is 7.99. The van der Waals surface area contributed by atoms with Crippen molar-refractivity contribution >= 4 is 52.8 Å². The Morgan fingerprint density at radius 3 is 2.09 bits per heavy atom. The summed E-state index contributed by atoms with van der Waals surface area (Å²) in [6.45, 7) is 1.26. The van der Waals surface area contributed by atoms with Crippen LogP contribution in [0.5, 0.6) is 0 Å². The van der Waals surface area contributed by atoms with Gasteiger partial charge in [-0.15, -0.1) is 11.8 Å². The molecule has 0 amide bonds. The molecule has 1 N–H and O–H groups in total. The number of hydrogen-bond donors (Lipinski definition) is 1. The molecule has 0 radical (unpaired) electrons. The van der Waals surface area contributed by atoms with Gasteiger partial charge in [-0.05, 0) is 66.2 Å². The standard InChI is InChI=1S/C26H24ClNO5S2/c1-17(29)33-28-24(15-16-34-21-13-7-20(27)8-14-21)25(30)18-3-9-22(10-4-18)35-23-11-5-19(6-12-23)26(31)32-2/h3-14,25,30H,15-16H2,1-2H3. The van der Waals surface area contributed by atoms with E-state index < -0.39 is 12.1 Å². The van der Waals surface area contributed by atoms with Gasteiger partial charge in [-0.1, -0.05) is 40.7 Å². The summed E-state index contributed by atoms with van der Waals surface area (Å²) < 4.78 is 4.72. The first-order valence-electron chi connectivity index (χ1n) is 10.6. The Bertz CT molecular complexity index is 1170. The van der Waals surface area contributed by atoms with E-state index in [1.807, 2.05) is 60.7 Å². The highest BCUT2D eigenvalue weighted by atomic mass is 35.5. The van der Waals surface area contributed by atoms with E-state index in [1.165, 1.54) is 25.8 Å². The first kappa shape index (κ1) is 26.8. The van der Waals surface area contributed by atoms with Crippen molar-refractivity contribution in [3.8, 4) is 0 Å². The van der Waals surface area contributed by atoms with Gasteiger partial charge in [0.2, 0.25) is 0 Å². The van der Waals surface area contributed by atoms with Gasteiger partial charge in [0.25, 0.3) is 0 Å². The minimum absolute atomic E-state index is 0.362. The first-order chi connectivity index (χ1) is 16.9. The average molecular weight is 530 g/mol. The smallest absolute Gasteiger partial charge is 0.337 e. The van der Waals surface area contributed by atoms with Crippen LogP contribution in [0.3, 0.4) is 0 Å². The Kier molecular flexibility index (Phi) is 10.2. The molecule has 0 saturated carbocycles. The predicted molar refractivity (Wildman–Crippen MR) is 139 cm³/mol. The molecule has 0 aliphatic rings. The normalized spacial score (nSPS) is 12.2. The van der Waals surface area contributed by atoms with E-state index in [9.17, 15) is 14.7 Å². The van der Waals surface area contributed by atoms with Gasteiger partial charge in [0.15, 0.2) is 0 Å². The van der Waals surface area contributed by atoms with E-state index in [0.29, 0.717) is 34.0 Å². The lowest BCUT2D eigenvalue weighted by Gasteiger charge is -2.14. The van der Waals surface area contributed by atoms with E-state index in [0.717, 1.165) is 14.7 Å². The quantitative estimate of drug-likeness (QED) is 0.107. The first-order valence-corrected chi connectivity index (χ1v) is 12.8. The molecule has 182 valence electrons. The number of thioether (sulfide) groups is 1. The third-order valence-electron chi connectivity index (χ3n) is 4.75. The van der Waals surface area contributed by atoms with Crippen molar-refractivity contribution in [2.75, 3.05) is 12.9 Å².